The van der Waals surface area contributed by atoms with E-state index in [1.807, 2.05) is 0 Å². The predicted molar refractivity (Wildman–Crippen MR) is 142 cm³/mol. The van der Waals surface area contributed by atoms with Crippen molar-refractivity contribution in [2.45, 2.75) is 110 Å². The van der Waals surface area contributed by atoms with E-state index in [9.17, 15) is 33.6 Å². The molecule has 20 heteroatoms. The van der Waals surface area contributed by atoms with E-state index >= 15 is 0 Å². The largest absolute Gasteiger partial charge is 0.463 e. The van der Waals surface area contributed by atoms with Crippen LogP contribution in [0.2, 0.25) is 0 Å². The van der Waals surface area contributed by atoms with Gasteiger partial charge in [0, 0.05) is 53.4 Å². The van der Waals surface area contributed by atoms with Crippen LogP contribution in [0.1, 0.15) is 48.5 Å². The zero-order valence-electron chi connectivity index (χ0n) is 26.0. The van der Waals surface area contributed by atoms with E-state index in [1.54, 1.807) is 0 Å². The van der Waals surface area contributed by atoms with E-state index in [1.165, 1.54) is 0 Å². The Bertz CT molecular complexity index is 1220. The fraction of sp³-hybridized carbons (Fsp3) is 0.731. The van der Waals surface area contributed by atoms with Crippen LogP contribution in [0.3, 0.4) is 0 Å². The van der Waals surface area contributed by atoms with Gasteiger partial charge in [0.2, 0.25) is 0 Å². The first-order valence-electron chi connectivity index (χ1n) is 13.7. The van der Waals surface area contributed by atoms with Gasteiger partial charge in [0.05, 0.1) is 0 Å². The summed E-state index contributed by atoms with van der Waals surface area (Å²) in [5.74, 6) is -6.10. The van der Waals surface area contributed by atoms with Gasteiger partial charge in [-0.3, -0.25) is 33.6 Å². The lowest BCUT2D eigenvalue weighted by Gasteiger charge is -2.48. The van der Waals surface area contributed by atoms with Gasteiger partial charge < -0.3 is 47.4 Å². The van der Waals surface area contributed by atoms with Gasteiger partial charge in [-0.2, -0.15) is 0 Å². The maximum Gasteiger partial charge on any atom is 0.303 e. The fourth-order valence-corrected chi connectivity index (χ4v) is 4.63. The molecule has 0 unspecified atom stereocenters. The molecule has 256 valence electrons. The van der Waals surface area contributed by atoms with Gasteiger partial charge in [-0.05, 0) is 5.53 Å². The van der Waals surface area contributed by atoms with Gasteiger partial charge >= 0.3 is 41.8 Å². The van der Waals surface area contributed by atoms with E-state index < -0.39 is 116 Å². The van der Waals surface area contributed by atoms with Crippen LogP contribution in [0.4, 0.5) is 0 Å². The van der Waals surface area contributed by atoms with Crippen LogP contribution in [-0.4, -0.2) is 116 Å². The van der Waals surface area contributed by atoms with Gasteiger partial charge in [-0.15, -0.1) is 0 Å². The molecular weight excluding hydrogens is 626 g/mol. The van der Waals surface area contributed by atoms with E-state index in [-0.39, 0.29) is 0 Å². The molecule has 2 aliphatic rings. The molecule has 0 radical (unpaired) electrons. The molecule has 2 fully saturated rings. The number of azide groups is 1. The van der Waals surface area contributed by atoms with Crippen LogP contribution in [0.5, 0.6) is 0 Å². The van der Waals surface area contributed by atoms with Crippen molar-refractivity contribution in [2.75, 3.05) is 13.2 Å². The molecule has 10 atom stereocenters. The molecule has 46 heavy (non-hydrogen) atoms. The molecule has 2 aliphatic heterocycles. The second-order valence-corrected chi connectivity index (χ2v) is 9.89. The Morgan fingerprint density at radius 2 is 0.935 bits per heavy atom. The van der Waals surface area contributed by atoms with Crippen molar-refractivity contribution in [2.24, 2.45) is 5.11 Å². The number of nitrogens with zero attached hydrogens (tertiary/aromatic N) is 3. The molecular formula is C26H35N3O17. The lowest BCUT2D eigenvalue weighted by atomic mass is 9.95. The maximum atomic E-state index is 12.2. The van der Waals surface area contributed by atoms with Crippen molar-refractivity contribution >= 4 is 41.8 Å². The Hall–Kier alpha value is -4.52. The molecule has 0 N–H and O–H groups in total. The highest BCUT2D eigenvalue weighted by molar-refractivity contribution is 5.69. The van der Waals surface area contributed by atoms with Crippen LogP contribution >= 0.6 is 0 Å². The third kappa shape index (κ3) is 11.1. The molecule has 20 nitrogen and oxygen atoms in total. The minimum Gasteiger partial charge on any atom is -0.463 e. The summed E-state index contributed by atoms with van der Waals surface area (Å²) in [4.78, 5) is 86.7. The zero-order chi connectivity index (χ0) is 34.7. The summed E-state index contributed by atoms with van der Waals surface area (Å²) in [5, 5.41) is 3.46. The Balaban J connectivity index is 2.73. The highest BCUT2D eigenvalue weighted by atomic mass is 16.8. The average Bonchev–Trinajstić information content (AvgIpc) is 2.91. The van der Waals surface area contributed by atoms with Crippen LogP contribution in [-0.2, 0) is 80.9 Å². The molecule has 0 amide bonds. The average molecular weight is 662 g/mol. The Morgan fingerprint density at radius 3 is 1.37 bits per heavy atom. The molecule has 0 aliphatic carbocycles. The molecule has 0 aromatic heterocycles. The third-order valence-corrected chi connectivity index (χ3v) is 6.07. The summed E-state index contributed by atoms with van der Waals surface area (Å²) in [7, 11) is 0. The first-order chi connectivity index (χ1) is 21.5. The molecule has 2 saturated heterocycles. The molecule has 2 heterocycles. The molecule has 0 spiro atoms. The first-order valence-corrected chi connectivity index (χ1v) is 13.7. The number of carbonyl (C=O) groups is 7. The Kier molecular flexibility index (Phi) is 14.1. The zero-order valence-corrected chi connectivity index (χ0v) is 26.0. The number of esters is 7. The second kappa shape index (κ2) is 17.2. The van der Waals surface area contributed by atoms with Crippen molar-refractivity contribution in [3.63, 3.8) is 0 Å². The summed E-state index contributed by atoms with van der Waals surface area (Å²) >= 11 is 0. The van der Waals surface area contributed by atoms with E-state index in [0.29, 0.717) is 0 Å². The summed E-state index contributed by atoms with van der Waals surface area (Å²) in [6, 6.07) is 0. The quantitative estimate of drug-likeness (QED) is 0.0870. The van der Waals surface area contributed by atoms with Crippen LogP contribution < -0.4 is 0 Å². The standard InChI is InChI=1S/C26H35N3O17/c1-10(30)37-8-17-20(21(40-13(4)33)23(42-15(6)35)25(44-17)28-29-27)46-26-24(43-16(7)36)22(41-14(5)34)19(39-12(3)32)18(45-26)9-38-11(2)31/h17-26H,8-9H2,1-7H3/t17-,18-,19-,20-,21+,22+,23-,24-,25-,26+/m0/s1. The lowest BCUT2D eigenvalue weighted by molar-refractivity contribution is -0.344. The molecule has 0 aromatic rings. The lowest BCUT2D eigenvalue weighted by Crippen LogP contribution is -2.67. The van der Waals surface area contributed by atoms with E-state index in [2.05, 4.69) is 10.0 Å². The normalized spacial score (nSPS) is 30.3. The molecule has 0 saturated carbocycles. The second-order valence-electron chi connectivity index (χ2n) is 9.89. The van der Waals surface area contributed by atoms with Crippen LogP contribution in [0, 0.1) is 0 Å². The minimum absolute atomic E-state index is 0.585. The molecule has 0 bridgehead atoms. The third-order valence-electron chi connectivity index (χ3n) is 6.07. The fourth-order valence-electron chi connectivity index (χ4n) is 4.63. The van der Waals surface area contributed by atoms with E-state index in [4.69, 9.17) is 52.9 Å². The predicted octanol–water partition coefficient (Wildman–Crippen LogP) is -0.0836. The molecule has 2 rings (SSSR count). The van der Waals surface area contributed by atoms with E-state index in [0.717, 1.165) is 48.5 Å². The summed E-state index contributed by atoms with van der Waals surface area (Å²) in [5.41, 5.74) is 9.13. The van der Waals surface area contributed by atoms with Gasteiger partial charge in [0.15, 0.2) is 43.0 Å². The monoisotopic (exact) mass is 661 g/mol. The van der Waals surface area contributed by atoms with Crippen LogP contribution in [0.25, 0.3) is 10.4 Å². The number of carbonyl (C=O) groups excluding carboxylic acids is 7. The highest BCUT2D eigenvalue weighted by Gasteiger charge is 2.57. The smallest absolute Gasteiger partial charge is 0.303 e. The topological polar surface area (TPSA) is 261 Å². The Morgan fingerprint density at radius 1 is 0.543 bits per heavy atom. The van der Waals surface area contributed by atoms with Gasteiger partial charge in [0.1, 0.15) is 31.5 Å². The van der Waals surface area contributed by atoms with Crippen LogP contribution in [0.15, 0.2) is 5.11 Å². The number of hydrogen-bond acceptors (Lipinski definition) is 18. The summed E-state index contributed by atoms with van der Waals surface area (Å²) in [6.45, 7) is 6.05. The van der Waals surface area contributed by atoms with Crippen molar-refractivity contribution in [1.29, 1.82) is 0 Å². The van der Waals surface area contributed by atoms with Gasteiger partial charge in [0.25, 0.3) is 0 Å². The highest BCUT2D eigenvalue weighted by Crippen LogP contribution is 2.35. The first kappa shape index (κ1) is 37.7. The van der Waals surface area contributed by atoms with Gasteiger partial charge in [-0.1, -0.05) is 5.11 Å². The SMILES string of the molecule is CC(=O)OC[C@@H]1O[C@H](N=[N+]=[N-])[C@@H](OC(C)=O)[C@H](OC(C)=O)[C@H]1O[C@H]1O[C@@H](COC(C)=O)[C@H](OC(C)=O)[C@@H](OC(C)=O)[C@@H]1OC(C)=O. The van der Waals surface area contributed by atoms with Crippen molar-refractivity contribution in [3.8, 4) is 0 Å². The Labute approximate surface area is 261 Å². The number of ether oxygens (including phenoxy) is 10. The summed E-state index contributed by atoms with van der Waals surface area (Å²) in [6.07, 6.45) is -16.1. The molecule has 0 aromatic carbocycles. The minimum atomic E-state index is -1.82. The van der Waals surface area contributed by atoms with Crippen molar-refractivity contribution in [3.05, 3.63) is 10.4 Å². The maximum absolute atomic E-state index is 12.2. The number of rotatable bonds is 12. The van der Waals surface area contributed by atoms with Crippen molar-refractivity contribution < 1.29 is 80.9 Å². The summed E-state index contributed by atoms with van der Waals surface area (Å²) < 4.78 is 54.8. The van der Waals surface area contributed by atoms with Gasteiger partial charge in [-0.25, -0.2) is 0 Å². The number of hydrogen-bond donors (Lipinski definition) is 0. The van der Waals surface area contributed by atoms with Crippen molar-refractivity contribution in [1.82, 2.24) is 0 Å².